The third-order valence-corrected chi connectivity index (χ3v) is 4.11. The normalized spacial score (nSPS) is 14.6. The number of benzene rings is 1. The number of hydrogen-bond donors (Lipinski definition) is 1. The molecular formula is C18H25N3. The van der Waals surface area contributed by atoms with E-state index in [-0.39, 0.29) is 0 Å². The quantitative estimate of drug-likeness (QED) is 0.839. The van der Waals surface area contributed by atoms with E-state index in [0.717, 1.165) is 36.9 Å². The SMILES string of the molecule is CCCN(CC)c1cc(CNC2CC2)nc2ccccc12. The number of para-hydroxylation sites is 1. The van der Waals surface area contributed by atoms with Crippen molar-refractivity contribution in [3.05, 3.63) is 36.0 Å². The van der Waals surface area contributed by atoms with Crippen molar-refractivity contribution in [2.24, 2.45) is 0 Å². The van der Waals surface area contributed by atoms with Crippen LogP contribution in [0.2, 0.25) is 0 Å². The summed E-state index contributed by atoms with van der Waals surface area (Å²) < 4.78 is 0. The van der Waals surface area contributed by atoms with Crippen LogP contribution in [0.1, 0.15) is 38.8 Å². The summed E-state index contributed by atoms with van der Waals surface area (Å²) in [6, 6.07) is 11.5. The highest BCUT2D eigenvalue weighted by atomic mass is 15.1. The summed E-state index contributed by atoms with van der Waals surface area (Å²) in [5, 5.41) is 4.84. The van der Waals surface area contributed by atoms with Gasteiger partial charge < -0.3 is 10.2 Å². The van der Waals surface area contributed by atoms with Crippen LogP contribution in [-0.2, 0) is 6.54 Å². The summed E-state index contributed by atoms with van der Waals surface area (Å²) in [7, 11) is 0. The van der Waals surface area contributed by atoms with Crippen molar-refractivity contribution in [3.63, 3.8) is 0 Å². The van der Waals surface area contributed by atoms with Crippen LogP contribution in [-0.4, -0.2) is 24.1 Å². The number of rotatable bonds is 7. The van der Waals surface area contributed by atoms with Crippen molar-refractivity contribution in [2.45, 2.75) is 45.7 Å². The molecule has 0 unspecified atom stereocenters. The fourth-order valence-electron chi connectivity index (χ4n) is 2.82. The molecule has 112 valence electrons. The molecule has 3 rings (SSSR count). The Bertz CT molecular complexity index is 604. The Kier molecular flexibility index (Phi) is 4.39. The monoisotopic (exact) mass is 283 g/mol. The third kappa shape index (κ3) is 3.35. The molecule has 1 aromatic carbocycles. The first kappa shape index (κ1) is 14.3. The largest absolute Gasteiger partial charge is 0.371 e. The van der Waals surface area contributed by atoms with Gasteiger partial charge in [0.1, 0.15) is 0 Å². The average molecular weight is 283 g/mol. The van der Waals surface area contributed by atoms with Gasteiger partial charge in [-0.25, -0.2) is 0 Å². The predicted molar refractivity (Wildman–Crippen MR) is 89.8 cm³/mol. The second-order valence-electron chi connectivity index (χ2n) is 5.88. The van der Waals surface area contributed by atoms with Crippen molar-refractivity contribution < 1.29 is 0 Å². The fraction of sp³-hybridized carbons (Fsp3) is 0.500. The molecule has 21 heavy (non-hydrogen) atoms. The molecule has 0 amide bonds. The van der Waals surface area contributed by atoms with E-state index in [0.29, 0.717) is 0 Å². The van der Waals surface area contributed by atoms with Crippen molar-refractivity contribution >= 4 is 16.6 Å². The topological polar surface area (TPSA) is 28.2 Å². The molecule has 1 aromatic heterocycles. The molecule has 2 aromatic rings. The number of nitrogens with zero attached hydrogens (tertiary/aromatic N) is 2. The minimum atomic E-state index is 0.722. The van der Waals surface area contributed by atoms with Gasteiger partial charge in [0, 0.05) is 36.7 Å². The second kappa shape index (κ2) is 6.44. The molecule has 1 N–H and O–H groups in total. The highest BCUT2D eigenvalue weighted by molar-refractivity contribution is 5.92. The molecule has 0 radical (unpaired) electrons. The van der Waals surface area contributed by atoms with Gasteiger partial charge in [-0.2, -0.15) is 0 Å². The molecule has 0 aliphatic heterocycles. The van der Waals surface area contributed by atoms with Gasteiger partial charge in [0.05, 0.1) is 11.2 Å². The third-order valence-electron chi connectivity index (χ3n) is 4.11. The summed E-state index contributed by atoms with van der Waals surface area (Å²) in [6.07, 6.45) is 3.80. The van der Waals surface area contributed by atoms with E-state index in [4.69, 9.17) is 4.98 Å². The Labute approximate surface area is 127 Å². The van der Waals surface area contributed by atoms with E-state index in [1.807, 2.05) is 0 Å². The van der Waals surface area contributed by atoms with E-state index in [2.05, 4.69) is 54.4 Å². The van der Waals surface area contributed by atoms with E-state index < -0.39 is 0 Å². The number of anilines is 1. The molecule has 3 nitrogen and oxygen atoms in total. The summed E-state index contributed by atoms with van der Waals surface area (Å²) in [5.74, 6) is 0. The van der Waals surface area contributed by atoms with E-state index in [1.54, 1.807) is 0 Å². The highest BCUT2D eigenvalue weighted by Gasteiger charge is 2.20. The van der Waals surface area contributed by atoms with Gasteiger partial charge in [0.25, 0.3) is 0 Å². The first-order chi connectivity index (χ1) is 10.3. The van der Waals surface area contributed by atoms with Gasteiger partial charge in [0.2, 0.25) is 0 Å². The Hall–Kier alpha value is -1.61. The first-order valence-electron chi connectivity index (χ1n) is 8.18. The number of fused-ring (bicyclic) bond motifs is 1. The van der Waals surface area contributed by atoms with Crippen LogP contribution >= 0.6 is 0 Å². The van der Waals surface area contributed by atoms with Gasteiger partial charge in [0.15, 0.2) is 0 Å². The lowest BCUT2D eigenvalue weighted by Gasteiger charge is -2.24. The maximum atomic E-state index is 4.82. The zero-order valence-corrected chi connectivity index (χ0v) is 13.1. The van der Waals surface area contributed by atoms with Crippen molar-refractivity contribution in [2.75, 3.05) is 18.0 Å². The number of hydrogen-bond acceptors (Lipinski definition) is 3. The molecular weight excluding hydrogens is 258 g/mol. The van der Waals surface area contributed by atoms with Crippen LogP contribution in [0.25, 0.3) is 10.9 Å². The summed E-state index contributed by atoms with van der Waals surface area (Å²) in [4.78, 5) is 7.29. The molecule has 3 heteroatoms. The van der Waals surface area contributed by atoms with Gasteiger partial charge in [-0.15, -0.1) is 0 Å². The van der Waals surface area contributed by atoms with Crippen LogP contribution < -0.4 is 10.2 Å². The molecule has 0 saturated heterocycles. The minimum absolute atomic E-state index is 0.722. The lowest BCUT2D eigenvalue weighted by molar-refractivity contribution is 0.675. The molecule has 0 spiro atoms. The van der Waals surface area contributed by atoms with Crippen LogP contribution in [0, 0.1) is 0 Å². The molecule has 0 atom stereocenters. The zero-order chi connectivity index (χ0) is 14.7. The average Bonchev–Trinajstić information content (AvgIpc) is 3.34. The van der Waals surface area contributed by atoms with Gasteiger partial charge in [-0.05, 0) is 38.3 Å². The number of aromatic nitrogens is 1. The second-order valence-corrected chi connectivity index (χ2v) is 5.88. The van der Waals surface area contributed by atoms with Crippen LogP contribution in [0.4, 0.5) is 5.69 Å². The summed E-state index contributed by atoms with van der Waals surface area (Å²) in [6.45, 7) is 7.48. The molecule has 1 saturated carbocycles. The van der Waals surface area contributed by atoms with Gasteiger partial charge in [-0.1, -0.05) is 25.1 Å². The standard InChI is InChI=1S/C18H25N3/c1-3-11-21(4-2)18-12-15(13-19-14-9-10-14)20-17-8-6-5-7-16(17)18/h5-8,12,14,19H,3-4,9-11,13H2,1-2H3. The minimum Gasteiger partial charge on any atom is -0.371 e. The zero-order valence-electron chi connectivity index (χ0n) is 13.1. The van der Waals surface area contributed by atoms with Gasteiger partial charge in [-0.3, -0.25) is 4.98 Å². The van der Waals surface area contributed by atoms with Crippen molar-refractivity contribution in [1.29, 1.82) is 0 Å². The lowest BCUT2D eigenvalue weighted by atomic mass is 10.1. The predicted octanol–water partition coefficient (Wildman–Crippen LogP) is 3.72. The molecule has 1 aliphatic carbocycles. The Morgan fingerprint density at radius 3 is 2.76 bits per heavy atom. The van der Waals surface area contributed by atoms with E-state index >= 15 is 0 Å². The van der Waals surface area contributed by atoms with E-state index in [1.165, 1.54) is 30.3 Å². The summed E-state index contributed by atoms with van der Waals surface area (Å²) >= 11 is 0. The maximum Gasteiger partial charge on any atom is 0.0726 e. The maximum absolute atomic E-state index is 4.82. The molecule has 1 fully saturated rings. The smallest absolute Gasteiger partial charge is 0.0726 e. The Balaban J connectivity index is 1.96. The highest BCUT2D eigenvalue weighted by Crippen LogP contribution is 2.27. The Morgan fingerprint density at radius 1 is 1.24 bits per heavy atom. The van der Waals surface area contributed by atoms with Gasteiger partial charge >= 0.3 is 0 Å². The molecule has 0 bridgehead atoms. The molecule has 1 heterocycles. The van der Waals surface area contributed by atoms with Crippen molar-refractivity contribution in [1.82, 2.24) is 10.3 Å². The molecule has 1 aliphatic rings. The number of nitrogens with one attached hydrogen (secondary N) is 1. The van der Waals surface area contributed by atoms with Crippen molar-refractivity contribution in [3.8, 4) is 0 Å². The fourth-order valence-corrected chi connectivity index (χ4v) is 2.82. The van der Waals surface area contributed by atoms with Crippen LogP contribution in [0.3, 0.4) is 0 Å². The van der Waals surface area contributed by atoms with E-state index in [9.17, 15) is 0 Å². The number of pyridine rings is 1. The lowest BCUT2D eigenvalue weighted by Crippen LogP contribution is -2.24. The van der Waals surface area contributed by atoms with Crippen LogP contribution in [0.5, 0.6) is 0 Å². The first-order valence-corrected chi connectivity index (χ1v) is 8.18. The Morgan fingerprint density at radius 2 is 2.05 bits per heavy atom. The summed E-state index contributed by atoms with van der Waals surface area (Å²) in [5.41, 5.74) is 3.60. The van der Waals surface area contributed by atoms with Crippen LogP contribution in [0.15, 0.2) is 30.3 Å².